The van der Waals surface area contributed by atoms with Crippen LogP contribution in [0.4, 0.5) is 23.1 Å². The van der Waals surface area contributed by atoms with E-state index in [2.05, 4.69) is 24.9 Å². The summed E-state index contributed by atoms with van der Waals surface area (Å²) in [6, 6.07) is 13.7. The Hall–Kier alpha value is -2.84. The fourth-order valence-corrected chi connectivity index (χ4v) is 5.09. The van der Waals surface area contributed by atoms with Gasteiger partial charge < -0.3 is 10.2 Å². The van der Waals surface area contributed by atoms with Crippen molar-refractivity contribution in [2.24, 2.45) is 0 Å². The Labute approximate surface area is 187 Å². The molecule has 0 aliphatic carbocycles. The van der Waals surface area contributed by atoms with Crippen molar-refractivity contribution in [3.05, 3.63) is 64.8 Å². The highest BCUT2D eigenvalue weighted by molar-refractivity contribution is 7.92. The van der Waals surface area contributed by atoms with E-state index in [9.17, 15) is 8.42 Å². The normalized spacial score (nSPS) is 14.0. The van der Waals surface area contributed by atoms with Gasteiger partial charge in [-0.25, -0.2) is 13.4 Å². The third-order valence-corrected chi connectivity index (χ3v) is 6.84. The summed E-state index contributed by atoms with van der Waals surface area (Å²) in [5.74, 6) is 1.44. The molecule has 2 aromatic carbocycles. The van der Waals surface area contributed by atoms with Crippen molar-refractivity contribution in [1.82, 2.24) is 9.97 Å². The van der Waals surface area contributed by atoms with Crippen molar-refractivity contribution in [3.63, 3.8) is 0 Å². The summed E-state index contributed by atoms with van der Waals surface area (Å²) in [6.45, 7) is 5.63. The molecule has 2 N–H and O–H groups in total. The maximum Gasteiger partial charge on any atom is 0.262 e. The Bertz CT molecular complexity index is 1190. The van der Waals surface area contributed by atoms with Crippen LogP contribution in [0.15, 0.2) is 53.4 Å². The lowest BCUT2D eigenvalue weighted by atomic mass is 10.2. The predicted octanol–water partition coefficient (Wildman–Crippen LogP) is 4.89. The minimum Gasteiger partial charge on any atom is -0.341 e. The molecule has 1 aliphatic rings. The van der Waals surface area contributed by atoms with Gasteiger partial charge in [-0.2, -0.15) is 4.98 Å². The summed E-state index contributed by atoms with van der Waals surface area (Å²) in [5, 5.41) is 3.65. The van der Waals surface area contributed by atoms with Gasteiger partial charge in [0.2, 0.25) is 5.95 Å². The number of aromatic nitrogens is 2. The van der Waals surface area contributed by atoms with Gasteiger partial charge in [0, 0.05) is 41.2 Å². The van der Waals surface area contributed by atoms with E-state index in [1.165, 1.54) is 6.07 Å². The van der Waals surface area contributed by atoms with E-state index in [-0.39, 0.29) is 4.90 Å². The summed E-state index contributed by atoms with van der Waals surface area (Å²) in [6.07, 6.45) is 2.32. The first-order chi connectivity index (χ1) is 14.8. The standard InChI is InChI=1S/C22H24ClN5O2S/c1-15-5-6-17(23)14-20(15)31(29,30)27-19-9-7-18(8-10-19)25-21-13-16(2)24-22(26-21)28-11-3-4-12-28/h5-10,13-14,27H,3-4,11-12H2,1-2H3,(H,24,25,26). The molecule has 0 unspecified atom stereocenters. The van der Waals surface area contributed by atoms with Crippen LogP contribution in [0.2, 0.25) is 5.02 Å². The van der Waals surface area contributed by atoms with Crippen molar-refractivity contribution >= 4 is 44.8 Å². The summed E-state index contributed by atoms with van der Waals surface area (Å²) in [7, 11) is -3.74. The van der Waals surface area contributed by atoms with E-state index in [1.807, 2.05) is 13.0 Å². The highest BCUT2D eigenvalue weighted by Crippen LogP contribution is 2.25. The molecule has 1 fully saturated rings. The van der Waals surface area contributed by atoms with Gasteiger partial charge in [0.15, 0.2) is 0 Å². The van der Waals surface area contributed by atoms with Gasteiger partial charge in [-0.05, 0) is 68.7 Å². The molecular weight excluding hydrogens is 434 g/mol. The van der Waals surface area contributed by atoms with Crippen molar-refractivity contribution in [2.75, 3.05) is 28.0 Å². The third kappa shape index (κ3) is 5.08. The number of nitrogens with zero attached hydrogens (tertiary/aromatic N) is 3. The Morgan fingerprint density at radius 1 is 0.935 bits per heavy atom. The van der Waals surface area contributed by atoms with Crippen LogP contribution in [0.5, 0.6) is 0 Å². The molecule has 4 rings (SSSR count). The van der Waals surface area contributed by atoms with E-state index in [0.29, 0.717) is 22.1 Å². The lowest BCUT2D eigenvalue weighted by molar-refractivity contribution is 0.600. The minimum atomic E-state index is -3.74. The Morgan fingerprint density at radius 2 is 1.61 bits per heavy atom. The van der Waals surface area contributed by atoms with Crippen LogP contribution in [0.1, 0.15) is 24.1 Å². The molecule has 0 spiro atoms. The molecule has 31 heavy (non-hydrogen) atoms. The monoisotopic (exact) mass is 457 g/mol. The Kier molecular flexibility index (Phi) is 6.02. The highest BCUT2D eigenvalue weighted by Gasteiger charge is 2.18. The second-order valence-corrected chi connectivity index (χ2v) is 9.69. The van der Waals surface area contributed by atoms with Gasteiger partial charge in [-0.3, -0.25) is 4.72 Å². The maximum absolute atomic E-state index is 12.7. The summed E-state index contributed by atoms with van der Waals surface area (Å²) >= 11 is 5.97. The first-order valence-corrected chi connectivity index (χ1v) is 11.9. The number of aryl methyl sites for hydroxylation is 2. The molecule has 1 aliphatic heterocycles. The topological polar surface area (TPSA) is 87.2 Å². The number of benzene rings is 2. The minimum absolute atomic E-state index is 0.160. The van der Waals surface area contributed by atoms with E-state index in [1.54, 1.807) is 43.3 Å². The zero-order valence-corrected chi connectivity index (χ0v) is 19.0. The van der Waals surface area contributed by atoms with Crippen LogP contribution in [-0.2, 0) is 10.0 Å². The largest absolute Gasteiger partial charge is 0.341 e. The molecule has 2 heterocycles. The van der Waals surface area contributed by atoms with Crippen LogP contribution < -0.4 is 14.9 Å². The SMILES string of the molecule is Cc1cc(Nc2ccc(NS(=O)(=O)c3cc(Cl)ccc3C)cc2)nc(N2CCCC2)n1. The lowest BCUT2D eigenvalue weighted by Crippen LogP contribution is -2.21. The molecule has 7 nitrogen and oxygen atoms in total. The average molecular weight is 458 g/mol. The molecule has 3 aromatic rings. The van der Waals surface area contributed by atoms with Crippen molar-refractivity contribution in [3.8, 4) is 0 Å². The van der Waals surface area contributed by atoms with E-state index >= 15 is 0 Å². The van der Waals surface area contributed by atoms with Crippen molar-refractivity contribution in [1.29, 1.82) is 0 Å². The molecule has 9 heteroatoms. The molecule has 162 valence electrons. The van der Waals surface area contributed by atoms with Gasteiger partial charge in [0.25, 0.3) is 10.0 Å². The molecular formula is C22H24ClN5O2S. The molecule has 0 amide bonds. The van der Waals surface area contributed by atoms with Crippen LogP contribution in [-0.4, -0.2) is 31.5 Å². The molecule has 0 radical (unpaired) electrons. The van der Waals surface area contributed by atoms with Gasteiger partial charge in [0.1, 0.15) is 5.82 Å². The van der Waals surface area contributed by atoms with Gasteiger partial charge in [-0.1, -0.05) is 17.7 Å². The van der Waals surface area contributed by atoms with E-state index in [0.717, 1.165) is 43.3 Å². The van der Waals surface area contributed by atoms with E-state index < -0.39 is 10.0 Å². The maximum atomic E-state index is 12.7. The second-order valence-electron chi connectivity index (χ2n) is 7.61. The fraction of sp³-hybridized carbons (Fsp3) is 0.273. The van der Waals surface area contributed by atoms with Gasteiger partial charge >= 0.3 is 0 Å². The van der Waals surface area contributed by atoms with Gasteiger partial charge in [0.05, 0.1) is 4.90 Å². The lowest BCUT2D eigenvalue weighted by Gasteiger charge is -2.17. The molecule has 0 bridgehead atoms. The molecule has 0 atom stereocenters. The quantitative estimate of drug-likeness (QED) is 0.547. The smallest absolute Gasteiger partial charge is 0.262 e. The van der Waals surface area contributed by atoms with Crippen molar-refractivity contribution in [2.45, 2.75) is 31.6 Å². The zero-order valence-electron chi connectivity index (χ0n) is 17.4. The molecule has 0 saturated carbocycles. The number of rotatable bonds is 6. The summed E-state index contributed by atoms with van der Waals surface area (Å²) in [4.78, 5) is 11.5. The first-order valence-electron chi connectivity index (χ1n) is 10.1. The molecule has 1 aromatic heterocycles. The number of hydrogen-bond acceptors (Lipinski definition) is 6. The Morgan fingerprint density at radius 3 is 2.32 bits per heavy atom. The number of halogens is 1. The van der Waals surface area contributed by atoms with Crippen LogP contribution in [0.25, 0.3) is 0 Å². The second kappa shape index (κ2) is 8.72. The number of nitrogens with one attached hydrogen (secondary N) is 2. The Balaban J connectivity index is 1.49. The highest BCUT2D eigenvalue weighted by atomic mass is 35.5. The first kappa shape index (κ1) is 21.4. The summed E-state index contributed by atoms with van der Waals surface area (Å²) < 4.78 is 28.1. The zero-order chi connectivity index (χ0) is 22.0. The molecule has 1 saturated heterocycles. The van der Waals surface area contributed by atoms with Crippen LogP contribution in [0, 0.1) is 13.8 Å². The third-order valence-electron chi connectivity index (χ3n) is 5.08. The number of sulfonamides is 1. The average Bonchev–Trinajstić information content (AvgIpc) is 3.26. The van der Waals surface area contributed by atoms with Crippen LogP contribution in [0.3, 0.4) is 0 Å². The summed E-state index contributed by atoms with van der Waals surface area (Å²) in [5.41, 5.74) is 2.78. The van der Waals surface area contributed by atoms with E-state index in [4.69, 9.17) is 11.6 Å². The van der Waals surface area contributed by atoms with Crippen LogP contribution >= 0.6 is 11.6 Å². The number of anilines is 4. The number of hydrogen-bond donors (Lipinski definition) is 2. The fourth-order valence-electron chi connectivity index (χ4n) is 3.52. The predicted molar refractivity (Wildman–Crippen MR) is 125 cm³/mol. The van der Waals surface area contributed by atoms with Gasteiger partial charge in [-0.15, -0.1) is 0 Å². The van der Waals surface area contributed by atoms with Crippen molar-refractivity contribution < 1.29 is 8.42 Å².